The number of guanidine groups is 1. The van der Waals surface area contributed by atoms with Gasteiger partial charge in [-0.25, -0.2) is 0 Å². The molecule has 1 N–H and O–H groups in total. The fraction of sp³-hybridized carbons (Fsp3) is 0.952. The molecule has 0 aromatic rings. The summed E-state index contributed by atoms with van der Waals surface area (Å²) < 4.78 is 44.3. The lowest BCUT2D eigenvalue weighted by Crippen LogP contribution is -2.68. The second-order valence-corrected chi connectivity index (χ2v) is 8.80. The topological polar surface area (TPSA) is 40.1 Å². The number of rotatable bonds is 8. The van der Waals surface area contributed by atoms with Gasteiger partial charge < -0.3 is 15.0 Å². The largest absolute Gasteiger partial charge is 0.401 e. The average Bonchev–Trinajstić information content (AvgIpc) is 3.05. The van der Waals surface area contributed by atoms with E-state index in [1.54, 1.807) is 6.92 Å². The van der Waals surface area contributed by atoms with Crippen LogP contribution in [0.1, 0.15) is 52.9 Å². The first-order chi connectivity index (χ1) is 13.8. The van der Waals surface area contributed by atoms with Gasteiger partial charge in [-0.1, -0.05) is 13.3 Å². The molecule has 5 nitrogen and oxygen atoms in total. The van der Waals surface area contributed by atoms with Gasteiger partial charge in [-0.3, -0.25) is 9.89 Å². The van der Waals surface area contributed by atoms with Crippen molar-refractivity contribution >= 4 is 5.96 Å². The highest BCUT2D eigenvalue weighted by atomic mass is 19.4. The van der Waals surface area contributed by atoms with Crippen LogP contribution in [-0.2, 0) is 4.74 Å². The Hall–Kier alpha value is -1.02. The Morgan fingerprint density at radius 3 is 2.59 bits per heavy atom. The van der Waals surface area contributed by atoms with Gasteiger partial charge in [-0.15, -0.1) is 0 Å². The van der Waals surface area contributed by atoms with E-state index in [9.17, 15) is 13.2 Å². The molecule has 1 spiro atoms. The van der Waals surface area contributed by atoms with Gasteiger partial charge in [0.2, 0.25) is 0 Å². The Kier molecular flexibility index (Phi) is 7.36. The lowest BCUT2D eigenvalue weighted by atomic mass is 9.51. The van der Waals surface area contributed by atoms with Crippen LogP contribution in [0.4, 0.5) is 13.2 Å². The fourth-order valence-electron chi connectivity index (χ4n) is 5.28. The quantitative estimate of drug-likeness (QED) is 0.484. The van der Waals surface area contributed by atoms with Crippen LogP contribution in [0.25, 0.3) is 0 Å². The molecule has 1 saturated heterocycles. The third-order valence-electron chi connectivity index (χ3n) is 7.00. The number of likely N-dealkylation sites (tertiary alicyclic amines) is 1. The summed E-state index contributed by atoms with van der Waals surface area (Å²) in [7, 11) is 0. The first-order valence-electron chi connectivity index (χ1n) is 11.3. The average molecular weight is 419 g/mol. The molecule has 168 valence electrons. The van der Waals surface area contributed by atoms with E-state index < -0.39 is 12.7 Å². The molecule has 0 radical (unpaired) electrons. The van der Waals surface area contributed by atoms with Crippen LogP contribution >= 0.6 is 0 Å². The first-order valence-corrected chi connectivity index (χ1v) is 11.3. The predicted molar refractivity (Wildman–Crippen MR) is 109 cm³/mol. The summed E-state index contributed by atoms with van der Waals surface area (Å²) in [6.07, 6.45) is 1.83. The Bertz CT molecular complexity index is 565. The maximum atomic E-state index is 12.8. The lowest BCUT2D eigenvalue weighted by molar-refractivity contribution is -0.168. The molecule has 2 aliphatic carbocycles. The minimum absolute atomic E-state index is 0.247. The molecule has 3 rings (SSSR count). The van der Waals surface area contributed by atoms with Gasteiger partial charge in [0.05, 0.1) is 12.6 Å². The number of hydrogen-bond acceptors (Lipinski definition) is 3. The molecule has 3 atom stereocenters. The van der Waals surface area contributed by atoms with Gasteiger partial charge >= 0.3 is 6.18 Å². The van der Waals surface area contributed by atoms with E-state index in [1.165, 1.54) is 24.2 Å². The molecule has 0 aromatic carbocycles. The highest BCUT2D eigenvalue weighted by Gasteiger charge is 2.59. The molecule has 1 heterocycles. The van der Waals surface area contributed by atoms with E-state index in [1.807, 2.05) is 6.92 Å². The second-order valence-electron chi connectivity index (χ2n) is 8.80. The van der Waals surface area contributed by atoms with Crippen molar-refractivity contribution in [1.82, 2.24) is 15.1 Å². The maximum Gasteiger partial charge on any atom is 0.401 e. The van der Waals surface area contributed by atoms with E-state index in [2.05, 4.69) is 17.1 Å². The van der Waals surface area contributed by atoms with Gasteiger partial charge in [0, 0.05) is 44.2 Å². The van der Waals surface area contributed by atoms with E-state index in [0.717, 1.165) is 38.5 Å². The van der Waals surface area contributed by atoms with Crippen molar-refractivity contribution in [1.29, 1.82) is 0 Å². The third kappa shape index (κ3) is 5.19. The zero-order chi connectivity index (χ0) is 21.1. The zero-order valence-electron chi connectivity index (χ0n) is 18.1. The van der Waals surface area contributed by atoms with Crippen LogP contribution in [-0.4, -0.2) is 80.0 Å². The Balaban J connectivity index is 1.55. The highest BCUT2D eigenvalue weighted by molar-refractivity contribution is 5.81. The normalized spacial score (nSPS) is 29.3. The molecule has 1 aliphatic heterocycles. The van der Waals surface area contributed by atoms with Crippen LogP contribution in [0.2, 0.25) is 0 Å². The number of alkyl halides is 3. The van der Waals surface area contributed by atoms with Crippen molar-refractivity contribution in [3.05, 3.63) is 0 Å². The van der Waals surface area contributed by atoms with E-state index >= 15 is 0 Å². The summed E-state index contributed by atoms with van der Waals surface area (Å²) >= 11 is 0. The standard InChI is InChI=1S/C21H37F3N4O/c1-4-25-19(26-17-12-18(29-6-3)20(17)9-7-10-20)28-11-8-16(14-28)13-27(5-2)15-21(22,23)24/h16-18H,4-15H2,1-3H3,(H,25,26). The number of aliphatic imine (C=N–C) groups is 1. The van der Waals surface area contributed by atoms with Crippen molar-refractivity contribution in [2.24, 2.45) is 16.3 Å². The Morgan fingerprint density at radius 2 is 2.03 bits per heavy atom. The lowest BCUT2D eigenvalue weighted by Gasteiger charge is -2.61. The smallest absolute Gasteiger partial charge is 0.378 e. The van der Waals surface area contributed by atoms with Gasteiger partial charge in [-0.05, 0) is 52.0 Å². The van der Waals surface area contributed by atoms with Crippen molar-refractivity contribution in [2.75, 3.05) is 45.9 Å². The Labute approximate surface area is 173 Å². The van der Waals surface area contributed by atoms with Crippen molar-refractivity contribution in [3.8, 4) is 0 Å². The minimum Gasteiger partial charge on any atom is -0.378 e. The van der Waals surface area contributed by atoms with Crippen molar-refractivity contribution < 1.29 is 17.9 Å². The van der Waals surface area contributed by atoms with E-state index in [-0.39, 0.29) is 11.3 Å². The molecule has 8 heteroatoms. The number of nitrogens with one attached hydrogen (secondary N) is 1. The second kappa shape index (κ2) is 9.41. The monoisotopic (exact) mass is 418 g/mol. The van der Waals surface area contributed by atoms with Crippen LogP contribution in [0.5, 0.6) is 0 Å². The zero-order valence-corrected chi connectivity index (χ0v) is 18.1. The molecule has 0 aromatic heterocycles. The summed E-state index contributed by atoms with van der Waals surface area (Å²) in [6, 6.07) is 0.398. The van der Waals surface area contributed by atoms with Gasteiger partial charge in [0.1, 0.15) is 0 Å². The molecule has 0 amide bonds. The molecular formula is C21H37F3N4O. The fourth-order valence-corrected chi connectivity index (χ4v) is 5.28. The molecule has 3 unspecified atom stereocenters. The predicted octanol–water partition coefficient (Wildman–Crippen LogP) is 3.51. The highest BCUT2D eigenvalue weighted by Crippen LogP contribution is 2.57. The SMILES string of the molecule is CCN=C(NC1CC(OCC)C12CCC2)N1CCC(CN(CC)CC(F)(F)F)C1. The molecular weight excluding hydrogens is 381 g/mol. The first kappa shape index (κ1) is 22.7. The molecule has 2 saturated carbocycles. The maximum absolute atomic E-state index is 12.8. The van der Waals surface area contributed by atoms with E-state index in [0.29, 0.717) is 31.8 Å². The molecule has 29 heavy (non-hydrogen) atoms. The molecule has 3 fully saturated rings. The number of ether oxygens (including phenoxy) is 1. The number of hydrogen-bond donors (Lipinski definition) is 1. The number of halogens is 3. The summed E-state index contributed by atoms with van der Waals surface area (Å²) in [5.41, 5.74) is 0.259. The molecule has 3 aliphatic rings. The summed E-state index contributed by atoms with van der Waals surface area (Å²) in [6.45, 7) is 9.07. The minimum atomic E-state index is -4.14. The van der Waals surface area contributed by atoms with Gasteiger partial charge in [-0.2, -0.15) is 13.2 Å². The molecule has 0 bridgehead atoms. The van der Waals surface area contributed by atoms with Crippen LogP contribution in [0, 0.1) is 11.3 Å². The Morgan fingerprint density at radius 1 is 1.28 bits per heavy atom. The van der Waals surface area contributed by atoms with Crippen molar-refractivity contribution in [3.63, 3.8) is 0 Å². The van der Waals surface area contributed by atoms with E-state index in [4.69, 9.17) is 9.73 Å². The van der Waals surface area contributed by atoms with Gasteiger partial charge in [0.25, 0.3) is 0 Å². The third-order valence-corrected chi connectivity index (χ3v) is 7.00. The summed E-state index contributed by atoms with van der Waals surface area (Å²) in [5.74, 6) is 1.18. The van der Waals surface area contributed by atoms with Crippen molar-refractivity contribution in [2.45, 2.75) is 71.2 Å². The van der Waals surface area contributed by atoms with Crippen LogP contribution in [0.15, 0.2) is 4.99 Å². The summed E-state index contributed by atoms with van der Waals surface area (Å²) in [5, 5.41) is 3.71. The summed E-state index contributed by atoms with van der Waals surface area (Å²) in [4.78, 5) is 8.47. The van der Waals surface area contributed by atoms with Crippen LogP contribution < -0.4 is 5.32 Å². The number of nitrogens with zero attached hydrogens (tertiary/aromatic N) is 3. The van der Waals surface area contributed by atoms with Crippen LogP contribution in [0.3, 0.4) is 0 Å². The van der Waals surface area contributed by atoms with Gasteiger partial charge in [0.15, 0.2) is 5.96 Å².